The van der Waals surface area contributed by atoms with Crippen molar-refractivity contribution in [2.24, 2.45) is 0 Å². The highest BCUT2D eigenvalue weighted by atomic mass is 16.5. The van der Waals surface area contributed by atoms with Gasteiger partial charge in [-0.25, -0.2) is 9.78 Å². The topological polar surface area (TPSA) is 103 Å². The lowest BCUT2D eigenvalue weighted by atomic mass is 10.1. The molecule has 7 nitrogen and oxygen atoms in total. The van der Waals surface area contributed by atoms with Crippen molar-refractivity contribution in [2.45, 2.75) is 6.92 Å². The Hall–Kier alpha value is -2.57. The molecule has 0 amide bonds. The van der Waals surface area contributed by atoms with Crippen molar-refractivity contribution >= 4 is 11.7 Å². The van der Waals surface area contributed by atoms with Gasteiger partial charge < -0.3 is 15.2 Å². The Morgan fingerprint density at radius 3 is 2.95 bits per heavy atom. The second-order valence-corrected chi connectivity index (χ2v) is 3.68. The van der Waals surface area contributed by atoms with Crippen molar-refractivity contribution < 1.29 is 14.3 Å². The van der Waals surface area contributed by atoms with E-state index in [1.54, 1.807) is 32.2 Å². The average molecular weight is 262 g/mol. The Morgan fingerprint density at radius 2 is 2.26 bits per heavy atom. The summed E-state index contributed by atoms with van der Waals surface area (Å²) in [5.74, 6) is 0.438. The fourth-order valence-electron chi connectivity index (χ4n) is 1.53. The van der Waals surface area contributed by atoms with Gasteiger partial charge in [-0.3, -0.25) is 5.10 Å². The zero-order valence-electron chi connectivity index (χ0n) is 10.6. The highest BCUT2D eigenvalue weighted by Gasteiger charge is 2.15. The lowest BCUT2D eigenvalue weighted by Crippen LogP contribution is -2.06. The number of hydrogen-bond acceptors (Lipinski definition) is 6. The number of nitrogens with two attached hydrogens (primary N) is 1. The van der Waals surface area contributed by atoms with Gasteiger partial charge in [-0.2, -0.15) is 5.10 Å². The zero-order valence-corrected chi connectivity index (χ0v) is 10.6. The maximum atomic E-state index is 11.5. The van der Waals surface area contributed by atoms with E-state index in [-0.39, 0.29) is 12.4 Å². The van der Waals surface area contributed by atoms with Crippen molar-refractivity contribution in [2.75, 3.05) is 19.5 Å². The molecular formula is C12H14N4O3. The van der Waals surface area contributed by atoms with E-state index in [0.29, 0.717) is 22.8 Å². The van der Waals surface area contributed by atoms with Gasteiger partial charge in [0.15, 0.2) is 5.82 Å². The Balaban J connectivity index is 2.34. The number of esters is 1. The standard InChI is InChI=1S/C12H14N4O3/c1-3-19-12(17)11-14-10(15-16-11)8-6-7(18-2)4-5-9(8)13/h4-6H,3,13H2,1-2H3,(H,14,15,16). The Morgan fingerprint density at radius 1 is 1.47 bits per heavy atom. The third-order valence-corrected chi connectivity index (χ3v) is 2.46. The van der Waals surface area contributed by atoms with Crippen LogP contribution in [-0.2, 0) is 4.74 Å². The van der Waals surface area contributed by atoms with E-state index >= 15 is 0 Å². The molecule has 0 aliphatic carbocycles. The Labute approximate surface area is 109 Å². The van der Waals surface area contributed by atoms with Gasteiger partial charge >= 0.3 is 5.97 Å². The van der Waals surface area contributed by atoms with Crippen molar-refractivity contribution in [1.29, 1.82) is 0 Å². The summed E-state index contributed by atoms with van der Waals surface area (Å²) in [4.78, 5) is 15.5. The van der Waals surface area contributed by atoms with Crippen LogP contribution in [0.4, 0.5) is 5.69 Å². The van der Waals surface area contributed by atoms with E-state index in [4.69, 9.17) is 15.2 Å². The average Bonchev–Trinajstić information content (AvgIpc) is 2.89. The molecule has 2 aromatic rings. The molecule has 100 valence electrons. The number of anilines is 1. The third kappa shape index (κ3) is 2.65. The van der Waals surface area contributed by atoms with Gasteiger partial charge in [0, 0.05) is 11.3 Å². The first-order valence-corrected chi connectivity index (χ1v) is 5.69. The number of benzene rings is 1. The summed E-state index contributed by atoms with van der Waals surface area (Å²) < 4.78 is 9.93. The van der Waals surface area contributed by atoms with Gasteiger partial charge in [-0.05, 0) is 25.1 Å². The number of carbonyl (C=O) groups excluding carboxylic acids is 1. The Kier molecular flexibility index (Phi) is 3.65. The first-order valence-electron chi connectivity index (χ1n) is 5.69. The number of aromatic nitrogens is 3. The number of rotatable bonds is 4. The van der Waals surface area contributed by atoms with E-state index in [1.807, 2.05) is 0 Å². The minimum Gasteiger partial charge on any atom is -0.497 e. The molecule has 0 bridgehead atoms. The maximum absolute atomic E-state index is 11.5. The SMILES string of the molecule is CCOC(=O)c1nc(-c2cc(OC)ccc2N)n[nH]1. The molecule has 0 unspecified atom stereocenters. The van der Waals surface area contributed by atoms with Crippen molar-refractivity contribution in [3.63, 3.8) is 0 Å². The second-order valence-electron chi connectivity index (χ2n) is 3.68. The molecule has 19 heavy (non-hydrogen) atoms. The fraction of sp³-hybridized carbons (Fsp3) is 0.250. The number of aromatic amines is 1. The highest BCUT2D eigenvalue weighted by molar-refractivity contribution is 5.86. The van der Waals surface area contributed by atoms with E-state index in [2.05, 4.69) is 15.2 Å². The molecule has 0 aliphatic rings. The van der Waals surface area contributed by atoms with Crippen LogP contribution in [0.1, 0.15) is 17.5 Å². The predicted octanol–water partition coefficient (Wildman–Crippen LogP) is 1.24. The van der Waals surface area contributed by atoms with E-state index in [0.717, 1.165) is 0 Å². The van der Waals surface area contributed by atoms with E-state index < -0.39 is 5.97 Å². The second kappa shape index (κ2) is 5.38. The van der Waals surface area contributed by atoms with Crippen LogP contribution in [0.5, 0.6) is 5.75 Å². The van der Waals surface area contributed by atoms with E-state index in [1.165, 1.54) is 0 Å². The molecule has 0 fully saturated rings. The molecule has 0 saturated carbocycles. The highest BCUT2D eigenvalue weighted by Crippen LogP contribution is 2.27. The third-order valence-electron chi connectivity index (χ3n) is 2.46. The van der Waals surface area contributed by atoms with Crippen LogP contribution < -0.4 is 10.5 Å². The van der Waals surface area contributed by atoms with Gasteiger partial charge in [0.2, 0.25) is 5.82 Å². The molecule has 0 atom stereocenters. The number of nitrogens with zero attached hydrogens (tertiary/aromatic N) is 2. The minimum absolute atomic E-state index is 0.0408. The number of nitrogen functional groups attached to an aromatic ring is 1. The van der Waals surface area contributed by atoms with E-state index in [9.17, 15) is 4.79 Å². The molecule has 1 aromatic heterocycles. The zero-order chi connectivity index (χ0) is 13.8. The first-order chi connectivity index (χ1) is 9.15. The number of ether oxygens (including phenoxy) is 2. The Bertz CT molecular complexity index is 594. The maximum Gasteiger partial charge on any atom is 0.375 e. The minimum atomic E-state index is -0.553. The predicted molar refractivity (Wildman–Crippen MR) is 68.7 cm³/mol. The first kappa shape index (κ1) is 12.9. The summed E-state index contributed by atoms with van der Waals surface area (Å²) in [5, 5.41) is 6.47. The summed E-state index contributed by atoms with van der Waals surface area (Å²) in [6.07, 6.45) is 0. The van der Waals surface area contributed by atoms with Crippen LogP contribution in [0.15, 0.2) is 18.2 Å². The van der Waals surface area contributed by atoms with Crippen LogP contribution in [-0.4, -0.2) is 34.9 Å². The fourth-order valence-corrected chi connectivity index (χ4v) is 1.53. The van der Waals surface area contributed by atoms with Crippen LogP contribution in [0.25, 0.3) is 11.4 Å². The molecule has 1 heterocycles. The summed E-state index contributed by atoms with van der Waals surface area (Å²) in [7, 11) is 1.55. The molecule has 1 aromatic carbocycles. The number of methoxy groups -OCH3 is 1. The van der Waals surface area contributed by atoms with Crippen LogP contribution in [0, 0.1) is 0 Å². The molecule has 0 saturated heterocycles. The number of nitrogens with one attached hydrogen (secondary N) is 1. The van der Waals surface area contributed by atoms with Crippen LogP contribution in [0.2, 0.25) is 0 Å². The largest absolute Gasteiger partial charge is 0.497 e. The summed E-state index contributed by atoms with van der Waals surface area (Å²) >= 11 is 0. The summed E-state index contributed by atoms with van der Waals surface area (Å²) in [5.41, 5.74) is 6.94. The van der Waals surface area contributed by atoms with Crippen LogP contribution in [0.3, 0.4) is 0 Å². The summed E-state index contributed by atoms with van der Waals surface area (Å²) in [6, 6.07) is 5.12. The molecule has 0 aliphatic heterocycles. The lowest BCUT2D eigenvalue weighted by molar-refractivity contribution is 0.0512. The number of hydrogen-bond donors (Lipinski definition) is 2. The normalized spacial score (nSPS) is 10.2. The smallest absolute Gasteiger partial charge is 0.375 e. The van der Waals surface area contributed by atoms with Crippen molar-refractivity contribution in [3.8, 4) is 17.1 Å². The molecular weight excluding hydrogens is 248 g/mol. The number of carbonyl (C=O) groups is 1. The molecule has 3 N–H and O–H groups in total. The van der Waals surface area contributed by atoms with Gasteiger partial charge in [-0.15, -0.1) is 0 Å². The summed E-state index contributed by atoms with van der Waals surface area (Å²) in [6.45, 7) is 1.99. The molecule has 2 rings (SSSR count). The number of H-pyrrole nitrogens is 1. The van der Waals surface area contributed by atoms with Gasteiger partial charge in [0.1, 0.15) is 5.75 Å². The van der Waals surface area contributed by atoms with Gasteiger partial charge in [0.05, 0.1) is 13.7 Å². The van der Waals surface area contributed by atoms with Crippen LogP contribution >= 0.6 is 0 Å². The van der Waals surface area contributed by atoms with Crippen molar-refractivity contribution in [1.82, 2.24) is 15.2 Å². The molecule has 7 heteroatoms. The lowest BCUT2D eigenvalue weighted by Gasteiger charge is -2.04. The monoisotopic (exact) mass is 262 g/mol. The molecule has 0 radical (unpaired) electrons. The van der Waals surface area contributed by atoms with Crippen molar-refractivity contribution in [3.05, 3.63) is 24.0 Å². The van der Waals surface area contributed by atoms with Gasteiger partial charge in [-0.1, -0.05) is 0 Å². The molecule has 0 spiro atoms. The van der Waals surface area contributed by atoms with Gasteiger partial charge in [0.25, 0.3) is 0 Å². The quantitative estimate of drug-likeness (QED) is 0.634.